The lowest BCUT2D eigenvalue weighted by Gasteiger charge is -2.32. The van der Waals surface area contributed by atoms with E-state index in [-0.39, 0.29) is 0 Å². The Bertz CT molecular complexity index is 133. The molecule has 1 rings (SSSR count). The first kappa shape index (κ1) is 11.7. The number of nitrogens with one attached hydrogen (secondary N) is 1. The first-order valence-corrected chi connectivity index (χ1v) is 7.38. The van der Waals surface area contributed by atoms with Crippen LogP contribution in [-0.4, -0.2) is 35.1 Å². The molecule has 0 spiro atoms. The second-order valence-corrected chi connectivity index (χ2v) is 6.31. The van der Waals surface area contributed by atoms with Gasteiger partial charge in [0, 0.05) is 28.6 Å². The van der Waals surface area contributed by atoms with Crippen LogP contribution in [0.15, 0.2) is 0 Å². The van der Waals surface area contributed by atoms with Crippen LogP contribution in [0.5, 0.6) is 0 Å². The molecule has 78 valence electrons. The van der Waals surface area contributed by atoms with Gasteiger partial charge in [0.25, 0.3) is 0 Å². The van der Waals surface area contributed by atoms with Crippen LogP contribution in [0.1, 0.15) is 20.8 Å². The van der Waals surface area contributed by atoms with Crippen molar-refractivity contribution in [3.8, 4) is 0 Å². The maximum absolute atomic E-state index is 3.62. The molecule has 1 aliphatic heterocycles. The molecule has 0 saturated carbocycles. The van der Waals surface area contributed by atoms with E-state index in [1.54, 1.807) is 0 Å². The lowest BCUT2D eigenvalue weighted by atomic mass is 10.0. The minimum absolute atomic E-state index is 0.711. The molecule has 1 nitrogen and oxygen atoms in total. The standard InChI is InChI=1S/C10H21NS2/c1-4-11-10(8(2)3)9-7-12-5-6-13-9/h8-11H,4-7H2,1-3H3. The van der Waals surface area contributed by atoms with Gasteiger partial charge in [-0.3, -0.25) is 0 Å². The van der Waals surface area contributed by atoms with Gasteiger partial charge in [0.15, 0.2) is 0 Å². The molecule has 13 heavy (non-hydrogen) atoms. The third kappa shape index (κ3) is 3.72. The summed E-state index contributed by atoms with van der Waals surface area (Å²) in [7, 11) is 0. The van der Waals surface area contributed by atoms with Crippen molar-refractivity contribution in [3.63, 3.8) is 0 Å². The van der Waals surface area contributed by atoms with E-state index in [4.69, 9.17) is 0 Å². The van der Waals surface area contributed by atoms with Crippen molar-refractivity contribution in [2.24, 2.45) is 5.92 Å². The summed E-state index contributed by atoms with van der Waals surface area (Å²) in [5.41, 5.74) is 0. The molecule has 0 amide bonds. The van der Waals surface area contributed by atoms with Crippen molar-refractivity contribution in [1.29, 1.82) is 0 Å². The Labute approximate surface area is 90.8 Å². The molecule has 2 atom stereocenters. The zero-order chi connectivity index (χ0) is 9.68. The Kier molecular flexibility index (Phi) is 5.60. The molecule has 1 fully saturated rings. The third-order valence-electron chi connectivity index (χ3n) is 2.40. The first-order valence-electron chi connectivity index (χ1n) is 5.18. The van der Waals surface area contributed by atoms with Crippen molar-refractivity contribution in [2.45, 2.75) is 32.1 Å². The van der Waals surface area contributed by atoms with E-state index < -0.39 is 0 Å². The van der Waals surface area contributed by atoms with Gasteiger partial charge in [-0.25, -0.2) is 0 Å². The molecular weight excluding hydrogens is 198 g/mol. The van der Waals surface area contributed by atoms with Crippen molar-refractivity contribution in [2.75, 3.05) is 23.8 Å². The molecule has 0 aromatic carbocycles. The zero-order valence-corrected chi connectivity index (χ0v) is 10.5. The monoisotopic (exact) mass is 219 g/mol. The fourth-order valence-electron chi connectivity index (χ4n) is 1.75. The molecule has 1 saturated heterocycles. The lowest BCUT2D eigenvalue weighted by molar-refractivity contribution is 0.407. The number of hydrogen-bond donors (Lipinski definition) is 1. The van der Waals surface area contributed by atoms with Crippen LogP contribution in [0.4, 0.5) is 0 Å². The van der Waals surface area contributed by atoms with Crippen LogP contribution >= 0.6 is 23.5 Å². The molecule has 0 aliphatic carbocycles. The predicted octanol–water partition coefficient (Wildman–Crippen LogP) is 2.47. The minimum Gasteiger partial charge on any atom is -0.313 e. The van der Waals surface area contributed by atoms with E-state index in [9.17, 15) is 0 Å². The average Bonchev–Trinajstić information content (AvgIpc) is 2.15. The van der Waals surface area contributed by atoms with Gasteiger partial charge < -0.3 is 5.32 Å². The topological polar surface area (TPSA) is 12.0 Å². The highest BCUT2D eigenvalue weighted by Gasteiger charge is 2.25. The molecule has 1 heterocycles. The highest BCUT2D eigenvalue weighted by molar-refractivity contribution is 8.06. The normalized spacial score (nSPS) is 26.3. The molecular formula is C10H21NS2. The van der Waals surface area contributed by atoms with E-state index in [1.807, 2.05) is 0 Å². The summed E-state index contributed by atoms with van der Waals surface area (Å²) in [5, 5.41) is 4.45. The van der Waals surface area contributed by atoms with Crippen LogP contribution in [0.3, 0.4) is 0 Å². The fraction of sp³-hybridized carbons (Fsp3) is 1.00. The summed E-state index contributed by atoms with van der Waals surface area (Å²) in [5.74, 6) is 4.78. The Morgan fingerprint density at radius 3 is 2.62 bits per heavy atom. The third-order valence-corrected chi connectivity index (χ3v) is 5.29. The van der Waals surface area contributed by atoms with Crippen LogP contribution in [0.2, 0.25) is 0 Å². The van der Waals surface area contributed by atoms with Gasteiger partial charge in [0.1, 0.15) is 0 Å². The molecule has 2 unspecified atom stereocenters. The lowest BCUT2D eigenvalue weighted by Crippen LogP contribution is -2.44. The molecule has 0 bridgehead atoms. The highest BCUT2D eigenvalue weighted by atomic mass is 32.2. The summed E-state index contributed by atoms with van der Waals surface area (Å²) >= 11 is 4.27. The van der Waals surface area contributed by atoms with Gasteiger partial charge >= 0.3 is 0 Å². The maximum atomic E-state index is 3.62. The molecule has 0 radical (unpaired) electrons. The van der Waals surface area contributed by atoms with Gasteiger partial charge in [-0.15, -0.1) is 0 Å². The maximum Gasteiger partial charge on any atom is 0.0294 e. The second-order valence-electron chi connectivity index (χ2n) is 3.81. The van der Waals surface area contributed by atoms with E-state index in [0.29, 0.717) is 6.04 Å². The van der Waals surface area contributed by atoms with E-state index in [1.165, 1.54) is 17.3 Å². The Hall–Kier alpha value is 0.660. The quantitative estimate of drug-likeness (QED) is 0.780. The molecule has 0 aromatic rings. The number of hydrogen-bond acceptors (Lipinski definition) is 3. The predicted molar refractivity (Wildman–Crippen MR) is 65.9 cm³/mol. The largest absolute Gasteiger partial charge is 0.313 e. The highest BCUT2D eigenvalue weighted by Crippen LogP contribution is 2.28. The van der Waals surface area contributed by atoms with Crippen molar-refractivity contribution in [3.05, 3.63) is 0 Å². The number of thioether (sulfide) groups is 2. The molecule has 3 heteroatoms. The van der Waals surface area contributed by atoms with Crippen LogP contribution in [-0.2, 0) is 0 Å². The molecule has 1 N–H and O–H groups in total. The first-order chi connectivity index (χ1) is 6.25. The van der Waals surface area contributed by atoms with Gasteiger partial charge in [0.05, 0.1) is 0 Å². The number of rotatable bonds is 4. The van der Waals surface area contributed by atoms with Gasteiger partial charge in [-0.05, 0) is 12.5 Å². The summed E-state index contributed by atoms with van der Waals surface area (Å²) in [6.07, 6.45) is 0. The van der Waals surface area contributed by atoms with Gasteiger partial charge in [-0.2, -0.15) is 23.5 Å². The Balaban J connectivity index is 2.41. The zero-order valence-electron chi connectivity index (χ0n) is 8.88. The van der Waals surface area contributed by atoms with E-state index in [2.05, 4.69) is 49.6 Å². The Morgan fingerprint density at radius 1 is 1.38 bits per heavy atom. The minimum atomic E-state index is 0.711. The van der Waals surface area contributed by atoms with Crippen molar-refractivity contribution < 1.29 is 0 Å². The van der Waals surface area contributed by atoms with E-state index in [0.717, 1.165) is 17.7 Å². The van der Waals surface area contributed by atoms with Gasteiger partial charge in [0.2, 0.25) is 0 Å². The summed E-state index contributed by atoms with van der Waals surface area (Å²) in [4.78, 5) is 0. The SMILES string of the molecule is CCNC(C(C)C)C1CSCCS1. The summed E-state index contributed by atoms with van der Waals surface area (Å²) < 4.78 is 0. The van der Waals surface area contributed by atoms with Crippen LogP contribution in [0, 0.1) is 5.92 Å². The average molecular weight is 219 g/mol. The van der Waals surface area contributed by atoms with Crippen molar-refractivity contribution in [1.82, 2.24) is 5.32 Å². The summed E-state index contributed by atoms with van der Waals surface area (Å²) in [6, 6.07) is 0.711. The van der Waals surface area contributed by atoms with Crippen LogP contribution in [0.25, 0.3) is 0 Å². The second kappa shape index (κ2) is 6.20. The Morgan fingerprint density at radius 2 is 2.15 bits per heavy atom. The fourth-order valence-corrected chi connectivity index (χ4v) is 4.80. The summed E-state index contributed by atoms with van der Waals surface area (Å²) in [6.45, 7) is 7.96. The van der Waals surface area contributed by atoms with Gasteiger partial charge in [-0.1, -0.05) is 20.8 Å². The molecule has 1 aliphatic rings. The van der Waals surface area contributed by atoms with Crippen LogP contribution < -0.4 is 5.32 Å². The smallest absolute Gasteiger partial charge is 0.0294 e. The van der Waals surface area contributed by atoms with Crippen molar-refractivity contribution >= 4 is 23.5 Å². The van der Waals surface area contributed by atoms with E-state index >= 15 is 0 Å². The molecule has 0 aromatic heterocycles.